The van der Waals surface area contributed by atoms with Gasteiger partial charge in [-0.1, -0.05) is 42.5 Å². The highest BCUT2D eigenvalue weighted by Gasteiger charge is 2.40. The summed E-state index contributed by atoms with van der Waals surface area (Å²) in [7, 11) is 2.12. The van der Waals surface area contributed by atoms with Crippen molar-refractivity contribution in [1.29, 1.82) is 0 Å². The number of nitrogens with zero attached hydrogens (tertiary/aromatic N) is 4. The molecule has 2 heterocycles. The van der Waals surface area contributed by atoms with E-state index in [4.69, 9.17) is 4.98 Å². The van der Waals surface area contributed by atoms with Gasteiger partial charge in [-0.3, -0.25) is 0 Å². The number of hydrogen-bond donors (Lipinski definition) is 0. The lowest BCUT2D eigenvalue weighted by Crippen LogP contribution is -2.44. The second-order valence-corrected chi connectivity index (χ2v) is 8.31. The van der Waals surface area contributed by atoms with E-state index in [2.05, 4.69) is 115 Å². The van der Waals surface area contributed by atoms with Crippen molar-refractivity contribution in [3.05, 3.63) is 84.2 Å². The van der Waals surface area contributed by atoms with Crippen molar-refractivity contribution >= 4 is 28.1 Å². The van der Waals surface area contributed by atoms with Gasteiger partial charge in [0.05, 0.1) is 34.6 Å². The maximum absolute atomic E-state index is 5.02. The van der Waals surface area contributed by atoms with E-state index < -0.39 is 0 Å². The molecule has 0 N–H and O–H groups in total. The van der Waals surface area contributed by atoms with Gasteiger partial charge in [0.2, 0.25) is 0 Å². The van der Waals surface area contributed by atoms with E-state index in [-0.39, 0.29) is 5.54 Å². The maximum atomic E-state index is 5.02. The Labute approximate surface area is 172 Å². The summed E-state index contributed by atoms with van der Waals surface area (Å²) in [5.41, 5.74) is 6.95. The molecule has 1 aromatic heterocycles. The minimum Gasteiger partial charge on any atom is -0.339 e. The van der Waals surface area contributed by atoms with Crippen LogP contribution in [0.4, 0.5) is 17.1 Å². The van der Waals surface area contributed by atoms with Crippen LogP contribution >= 0.6 is 0 Å². The van der Waals surface area contributed by atoms with Crippen molar-refractivity contribution in [2.75, 3.05) is 16.5 Å². The molecular formula is C25H26N4. The Hall–Kier alpha value is -3.27. The average Bonchev–Trinajstić information content (AvgIpc) is 3.28. The van der Waals surface area contributed by atoms with Crippen LogP contribution in [0.15, 0.2) is 72.8 Å². The fourth-order valence-corrected chi connectivity index (χ4v) is 4.58. The summed E-state index contributed by atoms with van der Waals surface area (Å²) in [6.07, 6.45) is 0. The number of aromatic nitrogens is 2. The Balaban J connectivity index is 1.64. The summed E-state index contributed by atoms with van der Waals surface area (Å²) in [6, 6.07) is 25.6. The Morgan fingerprint density at radius 2 is 1.41 bits per heavy atom. The molecule has 1 aliphatic heterocycles. The highest BCUT2D eigenvalue weighted by Crippen LogP contribution is 2.46. The molecule has 0 aliphatic carbocycles. The summed E-state index contributed by atoms with van der Waals surface area (Å²) in [5.74, 6) is 1.07. The molecule has 0 saturated carbocycles. The normalized spacial score (nSPS) is 13.9. The summed E-state index contributed by atoms with van der Waals surface area (Å²) in [6.45, 7) is 7.51. The molecule has 0 fully saturated rings. The molecule has 0 radical (unpaired) electrons. The van der Waals surface area contributed by atoms with Crippen LogP contribution in [0.5, 0.6) is 0 Å². The first-order valence-corrected chi connectivity index (χ1v) is 10.1. The van der Waals surface area contributed by atoms with Gasteiger partial charge in [-0.2, -0.15) is 0 Å². The van der Waals surface area contributed by atoms with Crippen molar-refractivity contribution in [2.24, 2.45) is 7.05 Å². The van der Waals surface area contributed by atoms with Crippen LogP contribution in [-0.4, -0.2) is 16.2 Å². The first-order valence-electron chi connectivity index (χ1n) is 10.1. The monoisotopic (exact) mass is 382 g/mol. The molecular weight excluding hydrogens is 356 g/mol. The predicted octanol–water partition coefficient (Wildman–Crippen LogP) is 5.73. The fourth-order valence-electron chi connectivity index (χ4n) is 4.58. The number of imidazole rings is 1. The number of rotatable bonds is 3. The molecule has 3 aromatic carbocycles. The van der Waals surface area contributed by atoms with Crippen molar-refractivity contribution in [3.63, 3.8) is 0 Å². The molecule has 0 saturated heterocycles. The molecule has 146 valence electrons. The van der Waals surface area contributed by atoms with Crippen molar-refractivity contribution in [1.82, 2.24) is 9.55 Å². The van der Waals surface area contributed by atoms with Crippen LogP contribution in [0.2, 0.25) is 0 Å². The van der Waals surface area contributed by atoms with Crippen LogP contribution in [0.3, 0.4) is 0 Å². The standard InChI is InChI=1S/C25H26N4/c1-18-11-5-7-13-20(18)28-17-29(23-16-10-9-15-22(23)28)25(2,3)24-26-19-12-6-8-14-21(19)27(24)4/h5-16H,17H2,1-4H3. The fraction of sp³-hybridized carbons (Fsp3) is 0.240. The Kier molecular flexibility index (Phi) is 3.91. The number of fused-ring (bicyclic) bond motifs is 2. The van der Waals surface area contributed by atoms with Gasteiger partial charge in [0.1, 0.15) is 5.82 Å². The number of para-hydroxylation sites is 5. The van der Waals surface area contributed by atoms with Gasteiger partial charge in [-0.25, -0.2) is 4.98 Å². The third kappa shape index (κ3) is 2.63. The van der Waals surface area contributed by atoms with Crippen molar-refractivity contribution in [2.45, 2.75) is 26.3 Å². The average molecular weight is 383 g/mol. The Morgan fingerprint density at radius 3 is 2.14 bits per heavy atom. The Morgan fingerprint density at radius 1 is 0.793 bits per heavy atom. The van der Waals surface area contributed by atoms with Crippen LogP contribution in [0.1, 0.15) is 25.2 Å². The zero-order chi connectivity index (χ0) is 20.2. The number of hydrogen-bond acceptors (Lipinski definition) is 3. The van der Waals surface area contributed by atoms with E-state index in [1.54, 1.807) is 0 Å². The third-order valence-corrected chi connectivity index (χ3v) is 6.16. The molecule has 0 unspecified atom stereocenters. The topological polar surface area (TPSA) is 24.3 Å². The molecule has 1 aliphatic rings. The van der Waals surface area contributed by atoms with Gasteiger partial charge in [0.25, 0.3) is 0 Å². The zero-order valence-corrected chi connectivity index (χ0v) is 17.4. The van der Waals surface area contributed by atoms with Crippen LogP contribution in [0.25, 0.3) is 11.0 Å². The first kappa shape index (κ1) is 17.8. The number of benzene rings is 3. The van der Waals surface area contributed by atoms with E-state index in [0.29, 0.717) is 0 Å². The molecule has 0 atom stereocenters. The molecule has 4 nitrogen and oxygen atoms in total. The lowest BCUT2D eigenvalue weighted by Gasteiger charge is -2.37. The van der Waals surface area contributed by atoms with E-state index in [9.17, 15) is 0 Å². The van der Waals surface area contributed by atoms with E-state index in [0.717, 1.165) is 18.0 Å². The quantitative estimate of drug-likeness (QED) is 0.452. The molecule has 29 heavy (non-hydrogen) atoms. The summed E-state index contributed by atoms with van der Waals surface area (Å²) in [4.78, 5) is 9.90. The SMILES string of the molecule is Cc1ccccc1N1CN(C(C)(C)c2nc3ccccc3n2C)c2ccccc21. The lowest BCUT2D eigenvalue weighted by atomic mass is 10.0. The van der Waals surface area contributed by atoms with Crippen molar-refractivity contribution in [3.8, 4) is 0 Å². The van der Waals surface area contributed by atoms with Gasteiger partial charge >= 0.3 is 0 Å². The predicted molar refractivity (Wildman–Crippen MR) is 121 cm³/mol. The largest absolute Gasteiger partial charge is 0.339 e. The maximum Gasteiger partial charge on any atom is 0.135 e. The Bertz CT molecular complexity index is 1200. The summed E-state index contributed by atoms with van der Waals surface area (Å²) < 4.78 is 2.23. The minimum atomic E-state index is -0.276. The second-order valence-electron chi connectivity index (χ2n) is 8.31. The smallest absolute Gasteiger partial charge is 0.135 e. The highest BCUT2D eigenvalue weighted by atomic mass is 15.4. The number of aryl methyl sites for hydroxylation is 2. The van der Waals surface area contributed by atoms with Crippen molar-refractivity contribution < 1.29 is 0 Å². The second kappa shape index (κ2) is 6.38. The minimum absolute atomic E-state index is 0.276. The van der Waals surface area contributed by atoms with Gasteiger partial charge in [-0.15, -0.1) is 0 Å². The zero-order valence-electron chi connectivity index (χ0n) is 17.4. The van der Waals surface area contributed by atoms with Gasteiger partial charge in [0, 0.05) is 12.7 Å². The molecule has 0 bridgehead atoms. The first-order chi connectivity index (χ1) is 14.0. The van der Waals surface area contributed by atoms with Crippen LogP contribution in [-0.2, 0) is 12.6 Å². The van der Waals surface area contributed by atoms with Gasteiger partial charge in [0.15, 0.2) is 0 Å². The molecule has 0 spiro atoms. The van der Waals surface area contributed by atoms with E-state index in [1.165, 1.54) is 28.1 Å². The summed E-state index contributed by atoms with van der Waals surface area (Å²) >= 11 is 0. The number of anilines is 3. The molecule has 0 amide bonds. The van der Waals surface area contributed by atoms with Gasteiger partial charge in [-0.05, 0) is 56.7 Å². The van der Waals surface area contributed by atoms with E-state index >= 15 is 0 Å². The lowest BCUT2D eigenvalue weighted by molar-refractivity contribution is 0.452. The van der Waals surface area contributed by atoms with Crippen LogP contribution < -0.4 is 9.80 Å². The highest BCUT2D eigenvalue weighted by molar-refractivity contribution is 5.84. The molecule has 5 rings (SSSR count). The third-order valence-electron chi connectivity index (χ3n) is 6.16. The van der Waals surface area contributed by atoms with Gasteiger partial charge < -0.3 is 14.4 Å². The van der Waals surface area contributed by atoms with E-state index in [1.807, 2.05) is 0 Å². The summed E-state index contributed by atoms with van der Waals surface area (Å²) in [5, 5.41) is 0. The molecule has 4 heteroatoms. The van der Waals surface area contributed by atoms with Crippen LogP contribution in [0, 0.1) is 6.92 Å². The molecule has 4 aromatic rings.